The molecule has 0 bridgehead atoms. The summed E-state index contributed by atoms with van der Waals surface area (Å²) >= 11 is 0. The van der Waals surface area contributed by atoms with Crippen LogP contribution in [0.25, 0.3) is 0 Å². The van der Waals surface area contributed by atoms with Gasteiger partial charge in [0.2, 0.25) is 0 Å². The monoisotopic (exact) mass is 392 g/mol. The van der Waals surface area contributed by atoms with E-state index in [9.17, 15) is 4.79 Å². The Bertz CT molecular complexity index is 871. The summed E-state index contributed by atoms with van der Waals surface area (Å²) in [5.74, 6) is 0.657. The number of rotatable bonds is 7. The van der Waals surface area contributed by atoms with Gasteiger partial charge in [-0.1, -0.05) is 32.0 Å². The molecule has 2 aliphatic heterocycles. The molecular formula is C23H28N4O2. The molecule has 6 heteroatoms. The van der Waals surface area contributed by atoms with Crippen LogP contribution in [0, 0.1) is 11.8 Å². The summed E-state index contributed by atoms with van der Waals surface area (Å²) in [7, 11) is 0. The summed E-state index contributed by atoms with van der Waals surface area (Å²) in [6, 6.07) is 12.9. The smallest absolute Gasteiger partial charge is 0.309 e. The van der Waals surface area contributed by atoms with Crippen LogP contribution in [0.2, 0.25) is 0 Å². The average molecular weight is 393 g/mol. The number of aromatic nitrogens is 1. The minimum atomic E-state index is -0.699. The number of carboxylic acid groups (broad SMARTS) is 1. The molecule has 0 amide bonds. The Morgan fingerprint density at radius 2 is 1.76 bits per heavy atom. The van der Waals surface area contributed by atoms with Crippen LogP contribution in [-0.4, -0.2) is 40.7 Å². The third kappa shape index (κ3) is 4.59. The van der Waals surface area contributed by atoms with Crippen molar-refractivity contribution in [3.8, 4) is 0 Å². The molecule has 0 unspecified atom stereocenters. The summed E-state index contributed by atoms with van der Waals surface area (Å²) in [6.07, 6.45) is 7.13. The molecule has 1 N–H and O–H groups in total. The zero-order chi connectivity index (χ0) is 20.4. The van der Waals surface area contributed by atoms with Crippen molar-refractivity contribution in [3.05, 3.63) is 66.1 Å². The Morgan fingerprint density at radius 3 is 2.38 bits per heavy atom. The van der Waals surface area contributed by atoms with E-state index >= 15 is 0 Å². The largest absolute Gasteiger partial charge is 0.481 e. The van der Waals surface area contributed by atoms with E-state index in [1.54, 1.807) is 0 Å². The molecule has 0 atom stereocenters. The zero-order valence-electron chi connectivity index (χ0n) is 17.0. The molecule has 0 spiro atoms. The van der Waals surface area contributed by atoms with Gasteiger partial charge < -0.3 is 14.9 Å². The van der Waals surface area contributed by atoms with Gasteiger partial charge in [-0.3, -0.25) is 9.69 Å². The van der Waals surface area contributed by atoms with Crippen LogP contribution < -0.4 is 9.80 Å². The molecular weight excluding hydrogens is 364 g/mol. The topological polar surface area (TPSA) is 59.9 Å². The van der Waals surface area contributed by atoms with Crippen molar-refractivity contribution in [1.82, 2.24) is 9.88 Å². The molecule has 2 aromatic rings. The number of hydrogen-bond donors (Lipinski definition) is 1. The van der Waals surface area contributed by atoms with E-state index in [2.05, 4.69) is 76.3 Å². The summed E-state index contributed by atoms with van der Waals surface area (Å²) < 4.78 is 0. The van der Waals surface area contributed by atoms with E-state index < -0.39 is 5.97 Å². The van der Waals surface area contributed by atoms with Gasteiger partial charge in [0.25, 0.3) is 0 Å². The van der Waals surface area contributed by atoms with Gasteiger partial charge in [0.05, 0.1) is 5.92 Å². The van der Waals surface area contributed by atoms with Crippen molar-refractivity contribution < 1.29 is 9.90 Å². The number of carbonyl (C=O) groups is 1. The van der Waals surface area contributed by atoms with Crippen molar-refractivity contribution >= 4 is 17.5 Å². The van der Waals surface area contributed by atoms with Crippen molar-refractivity contribution in [3.63, 3.8) is 0 Å². The molecule has 0 aliphatic carbocycles. The Balaban J connectivity index is 1.31. The van der Waals surface area contributed by atoms with Crippen LogP contribution in [0.1, 0.15) is 25.0 Å². The van der Waals surface area contributed by atoms with Crippen LogP contribution in [0.5, 0.6) is 0 Å². The Morgan fingerprint density at radius 1 is 1.07 bits per heavy atom. The number of aliphatic carboxylic acids is 1. The first kappa shape index (κ1) is 19.5. The van der Waals surface area contributed by atoms with Crippen LogP contribution in [0.3, 0.4) is 0 Å². The number of nitrogens with zero attached hydrogens (tertiary/aromatic N) is 4. The first-order valence-corrected chi connectivity index (χ1v) is 10.2. The molecule has 3 heterocycles. The first-order valence-electron chi connectivity index (χ1n) is 10.2. The van der Waals surface area contributed by atoms with E-state index in [1.165, 1.54) is 11.3 Å². The predicted molar refractivity (Wildman–Crippen MR) is 115 cm³/mol. The Labute approximate surface area is 172 Å². The maximum Gasteiger partial charge on any atom is 0.309 e. The molecule has 4 rings (SSSR count). The minimum absolute atomic E-state index is 0.220. The average Bonchev–Trinajstić information content (AvgIpc) is 3.15. The summed E-state index contributed by atoms with van der Waals surface area (Å²) in [5, 5.41) is 8.97. The Kier molecular flexibility index (Phi) is 5.53. The van der Waals surface area contributed by atoms with Gasteiger partial charge in [-0.05, 0) is 41.7 Å². The number of benzene rings is 1. The summed E-state index contributed by atoms with van der Waals surface area (Å²) in [5.41, 5.74) is 3.66. The quantitative estimate of drug-likeness (QED) is 0.778. The fourth-order valence-electron chi connectivity index (χ4n) is 3.82. The fraction of sp³-hybridized carbons (Fsp3) is 0.391. The van der Waals surface area contributed by atoms with Gasteiger partial charge >= 0.3 is 5.97 Å². The highest BCUT2D eigenvalue weighted by Gasteiger charge is 2.32. The van der Waals surface area contributed by atoms with Gasteiger partial charge in [0.1, 0.15) is 12.5 Å². The van der Waals surface area contributed by atoms with Gasteiger partial charge in [0.15, 0.2) is 0 Å². The Hall–Kier alpha value is -2.86. The molecule has 152 valence electrons. The highest BCUT2D eigenvalue weighted by atomic mass is 16.4. The number of pyridine rings is 1. The van der Waals surface area contributed by atoms with Crippen LogP contribution in [0.15, 0.2) is 55.0 Å². The van der Waals surface area contributed by atoms with Crippen LogP contribution in [0.4, 0.5) is 11.5 Å². The van der Waals surface area contributed by atoms with E-state index in [0.29, 0.717) is 19.0 Å². The second kappa shape index (κ2) is 8.25. The zero-order valence-corrected chi connectivity index (χ0v) is 17.0. The lowest BCUT2D eigenvalue weighted by Gasteiger charge is -2.36. The lowest BCUT2D eigenvalue weighted by molar-refractivity contribution is -0.147. The van der Waals surface area contributed by atoms with Crippen molar-refractivity contribution in [2.24, 2.45) is 11.8 Å². The SMILES string of the molecule is CC(C)Cc1ccc(N2C=CN(c3ccc(CN4CC(C(=O)O)C4)cn3)C2)cc1. The van der Waals surface area contributed by atoms with E-state index in [4.69, 9.17) is 5.11 Å². The second-order valence-electron chi connectivity index (χ2n) is 8.40. The molecule has 1 aromatic heterocycles. The molecule has 1 fully saturated rings. The van der Waals surface area contributed by atoms with Gasteiger partial charge in [0, 0.05) is 43.9 Å². The molecule has 29 heavy (non-hydrogen) atoms. The van der Waals surface area contributed by atoms with E-state index in [0.717, 1.165) is 31.0 Å². The van der Waals surface area contributed by atoms with Crippen molar-refractivity contribution in [2.45, 2.75) is 26.8 Å². The van der Waals surface area contributed by atoms with Crippen molar-refractivity contribution in [2.75, 3.05) is 29.6 Å². The third-order valence-corrected chi connectivity index (χ3v) is 5.46. The van der Waals surface area contributed by atoms with Gasteiger partial charge in [-0.15, -0.1) is 0 Å². The molecule has 1 saturated heterocycles. The van der Waals surface area contributed by atoms with E-state index in [1.807, 2.05) is 12.3 Å². The highest BCUT2D eigenvalue weighted by Crippen LogP contribution is 2.25. The fourth-order valence-corrected chi connectivity index (χ4v) is 3.82. The molecule has 6 nitrogen and oxygen atoms in total. The summed E-state index contributed by atoms with van der Waals surface area (Å²) in [6.45, 7) is 7.21. The van der Waals surface area contributed by atoms with Gasteiger partial charge in [-0.2, -0.15) is 0 Å². The minimum Gasteiger partial charge on any atom is -0.481 e. The number of hydrogen-bond acceptors (Lipinski definition) is 5. The van der Waals surface area contributed by atoms with E-state index in [-0.39, 0.29) is 5.92 Å². The summed E-state index contributed by atoms with van der Waals surface area (Å²) in [4.78, 5) is 22.0. The maximum atomic E-state index is 10.9. The van der Waals surface area contributed by atoms with Gasteiger partial charge in [-0.25, -0.2) is 4.98 Å². The number of anilines is 2. The molecule has 0 saturated carbocycles. The standard InChI is InChI=1S/C23H28N4O2/c1-17(2)11-18-3-6-21(7-4-18)26-9-10-27(16-26)22-8-5-19(12-24-22)13-25-14-20(15-25)23(28)29/h3-10,12,17,20H,11,13-16H2,1-2H3,(H,28,29). The molecule has 1 aromatic carbocycles. The third-order valence-electron chi connectivity index (χ3n) is 5.46. The predicted octanol–water partition coefficient (Wildman–Crippen LogP) is 3.55. The van der Waals surface area contributed by atoms with Crippen molar-refractivity contribution in [1.29, 1.82) is 0 Å². The van der Waals surface area contributed by atoms with Crippen LogP contribution in [-0.2, 0) is 17.8 Å². The normalized spacial score (nSPS) is 17.2. The van der Waals surface area contributed by atoms with Crippen LogP contribution >= 0.6 is 0 Å². The number of likely N-dealkylation sites (tertiary alicyclic amines) is 1. The first-order chi connectivity index (χ1) is 14.0. The maximum absolute atomic E-state index is 10.9. The lowest BCUT2D eigenvalue weighted by Crippen LogP contribution is -2.49. The lowest BCUT2D eigenvalue weighted by atomic mass is 10.00. The molecule has 0 radical (unpaired) electrons. The second-order valence-corrected chi connectivity index (χ2v) is 8.40. The number of carboxylic acids is 1. The molecule has 2 aliphatic rings. The highest BCUT2D eigenvalue weighted by molar-refractivity contribution is 5.71.